The second kappa shape index (κ2) is 2.23. The van der Waals surface area contributed by atoms with Gasteiger partial charge in [0.05, 0.1) is 0 Å². The lowest BCUT2D eigenvalue weighted by Gasteiger charge is -2.18. The Balaban J connectivity index is 1.94. The van der Waals surface area contributed by atoms with Crippen molar-refractivity contribution in [2.75, 3.05) is 6.54 Å². The molecule has 1 fully saturated rings. The van der Waals surface area contributed by atoms with Gasteiger partial charge in [0, 0.05) is 6.42 Å². The van der Waals surface area contributed by atoms with Gasteiger partial charge >= 0.3 is 0 Å². The van der Waals surface area contributed by atoms with Crippen LogP contribution in [0.1, 0.15) is 39.0 Å². The molecule has 0 aromatic heterocycles. The first-order chi connectivity index (χ1) is 5.20. The van der Waals surface area contributed by atoms with Crippen molar-refractivity contribution in [1.82, 2.24) is 0 Å². The Morgan fingerprint density at radius 2 is 2.00 bits per heavy atom. The van der Waals surface area contributed by atoms with Gasteiger partial charge in [0.25, 0.3) is 0 Å². The Hall–Kier alpha value is -0.530. The van der Waals surface area contributed by atoms with E-state index in [9.17, 15) is 5.21 Å². The Morgan fingerprint density at radius 3 is 2.45 bits per heavy atom. The molecule has 2 aliphatic rings. The normalized spacial score (nSPS) is 27.7. The second-order valence-electron chi connectivity index (χ2n) is 4.30. The highest BCUT2D eigenvalue weighted by Gasteiger charge is 2.38. The lowest BCUT2D eigenvalue weighted by atomic mass is 9.84. The van der Waals surface area contributed by atoms with Gasteiger partial charge in [-0.1, -0.05) is 19.8 Å². The van der Waals surface area contributed by atoms with Gasteiger partial charge in [-0.05, 0) is 18.3 Å². The number of hydrogen-bond acceptors (Lipinski definition) is 1. The predicted octanol–water partition coefficient (Wildman–Crippen LogP) is 1.92. The largest absolute Gasteiger partial charge is 0.623 e. The third kappa shape index (κ3) is 1.39. The standard InChI is InChI=1S/C9H15NO/c1-9(4-2-3-5-9)6-8-7-10(8)11/h2-7H2,1H3. The smallest absolute Gasteiger partial charge is 0.233 e. The summed E-state index contributed by atoms with van der Waals surface area (Å²) < 4.78 is 1.13. The first-order valence-corrected chi connectivity index (χ1v) is 4.49. The van der Waals surface area contributed by atoms with E-state index in [4.69, 9.17) is 0 Å². The fraction of sp³-hybridized carbons (Fsp3) is 0.889. The zero-order valence-electron chi connectivity index (χ0n) is 7.10. The summed E-state index contributed by atoms with van der Waals surface area (Å²) in [6.45, 7) is 3.04. The molecular weight excluding hydrogens is 138 g/mol. The van der Waals surface area contributed by atoms with Crippen molar-refractivity contribution in [3.8, 4) is 0 Å². The van der Waals surface area contributed by atoms with Crippen LogP contribution in [0.4, 0.5) is 0 Å². The molecule has 0 atom stereocenters. The van der Waals surface area contributed by atoms with E-state index in [1.807, 2.05) is 0 Å². The highest BCUT2D eigenvalue weighted by atomic mass is 16.5. The van der Waals surface area contributed by atoms with E-state index in [0.29, 0.717) is 5.41 Å². The van der Waals surface area contributed by atoms with Crippen LogP contribution in [0.25, 0.3) is 0 Å². The fourth-order valence-electron chi connectivity index (χ4n) is 2.17. The van der Waals surface area contributed by atoms with Crippen molar-refractivity contribution in [3.63, 3.8) is 0 Å². The molecular formula is C9H15NO. The van der Waals surface area contributed by atoms with Gasteiger partial charge in [0.15, 0.2) is 0 Å². The van der Waals surface area contributed by atoms with Crippen LogP contribution in [0.15, 0.2) is 0 Å². The van der Waals surface area contributed by atoms with E-state index in [1.165, 1.54) is 25.7 Å². The SMILES string of the molecule is CC1(CC2=[N+]([O-])C2)CCCC1. The third-order valence-electron chi connectivity index (χ3n) is 3.02. The summed E-state index contributed by atoms with van der Waals surface area (Å²) in [5, 5.41) is 10.7. The molecule has 11 heavy (non-hydrogen) atoms. The van der Waals surface area contributed by atoms with Crippen molar-refractivity contribution >= 4 is 5.71 Å². The second-order valence-corrected chi connectivity index (χ2v) is 4.30. The van der Waals surface area contributed by atoms with Crippen LogP contribution in [0.5, 0.6) is 0 Å². The van der Waals surface area contributed by atoms with Crippen LogP contribution in [-0.4, -0.2) is 17.0 Å². The summed E-state index contributed by atoms with van der Waals surface area (Å²) in [7, 11) is 0. The van der Waals surface area contributed by atoms with Crippen molar-refractivity contribution in [3.05, 3.63) is 5.21 Å². The Labute approximate surface area is 67.5 Å². The quantitative estimate of drug-likeness (QED) is 0.439. The van der Waals surface area contributed by atoms with E-state index >= 15 is 0 Å². The molecule has 0 aromatic carbocycles. The van der Waals surface area contributed by atoms with Gasteiger partial charge in [-0.15, -0.1) is 0 Å². The van der Waals surface area contributed by atoms with Crippen LogP contribution in [0.3, 0.4) is 0 Å². The Morgan fingerprint density at radius 1 is 1.45 bits per heavy atom. The molecule has 0 amide bonds. The van der Waals surface area contributed by atoms with Crippen molar-refractivity contribution < 1.29 is 4.74 Å². The lowest BCUT2D eigenvalue weighted by Crippen LogP contribution is -2.13. The minimum atomic E-state index is 0.481. The summed E-state index contributed by atoms with van der Waals surface area (Å²) >= 11 is 0. The zero-order valence-corrected chi connectivity index (χ0v) is 7.10. The molecule has 0 saturated heterocycles. The summed E-state index contributed by atoms with van der Waals surface area (Å²) in [4.78, 5) is 0. The molecule has 2 heteroatoms. The molecule has 2 nitrogen and oxygen atoms in total. The van der Waals surface area contributed by atoms with Crippen LogP contribution in [-0.2, 0) is 0 Å². The molecule has 0 unspecified atom stereocenters. The minimum Gasteiger partial charge on any atom is -0.623 e. The molecule has 2 rings (SSSR count). The summed E-state index contributed by atoms with van der Waals surface area (Å²) in [5.74, 6) is 0. The van der Waals surface area contributed by atoms with Gasteiger partial charge < -0.3 is 5.21 Å². The number of hydrogen-bond donors (Lipinski definition) is 0. The third-order valence-corrected chi connectivity index (χ3v) is 3.02. The summed E-state index contributed by atoms with van der Waals surface area (Å²) in [5.41, 5.74) is 1.61. The molecule has 0 bridgehead atoms. The average molecular weight is 153 g/mol. The number of rotatable bonds is 2. The molecule has 1 aliphatic heterocycles. The van der Waals surface area contributed by atoms with Crippen molar-refractivity contribution in [2.45, 2.75) is 39.0 Å². The van der Waals surface area contributed by atoms with Crippen molar-refractivity contribution in [1.29, 1.82) is 0 Å². The van der Waals surface area contributed by atoms with Crippen LogP contribution in [0, 0.1) is 10.6 Å². The maximum Gasteiger partial charge on any atom is 0.233 e. The molecule has 1 heterocycles. The zero-order chi connectivity index (χ0) is 7.90. The molecule has 0 radical (unpaired) electrons. The predicted molar refractivity (Wildman–Crippen MR) is 44.7 cm³/mol. The van der Waals surface area contributed by atoms with E-state index in [0.717, 1.165) is 23.4 Å². The van der Waals surface area contributed by atoms with Gasteiger partial charge in [0.1, 0.15) is 0 Å². The Bertz CT molecular complexity index is 202. The fourth-order valence-corrected chi connectivity index (χ4v) is 2.17. The average Bonchev–Trinajstić information content (AvgIpc) is 2.47. The van der Waals surface area contributed by atoms with Gasteiger partial charge in [-0.25, -0.2) is 0 Å². The van der Waals surface area contributed by atoms with Gasteiger partial charge in [-0.2, -0.15) is 4.74 Å². The highest BCUT2D eigenvalue weighted by molar-refractivity contribution is 5.88. The molecule has 0 N–H and O–H groups in total. The van der Waals surface area contributed by atoms with Crippen LogP contribution < -0.4 is 0 Å². The minimum absolute atomic E-state index is 0.481. The summed E-state index contributed by atoms with van der Waals surface area (Å²) in [6, 6.07) is 0. The number of nitrogens with zero attached hydrogens (tertiary/aromatic N) is 1. The molecule has 0 spiro atoms. The van der Waals surface area contributed by atoms with E-state index in [-0.39, 0.29) is 0 Å². The first kappa shape index (κ1) is 7.14. The van der Waals surface area contributed by atoms with E-state index < -0.39 is 0 Å². The van der Waals surface area contributed by atoms with Crippen LogP contribution in [0.2, 0.25) is 0 Å². The van der Waals surface area contributed by atoms with Crippen LogP contribution >= 0.6 is 0 Å². The maximum absolute atomic E-state index is 10.7. The molecule has 62 valence electrons. The number of hydroxylamine groups is 1. The van der Waals surface area contributed by atoms with Gasteiger partial charge in [-0.3, -0.25) is 0 Å². The topological polar surface area (TPSA) is 26.1 Å². The monoisotopic (exact) mass is 153 g/mol. The first-order valence-electron chi connectivity index (χ1n) is 4.49. The summed E-state index contributed by atoms with van der Waals surface area (Å²) in [6.07, 6.45) is 6.44. The molecule has 0 aromatic rings. The van der Waals surface area contributed by atoms with E-state index in [2.05, 4.69) is 6.92 Å². The lowest BCUT2D eigenvalue weighted by molar-refractivity contribution is -0.361. The van der Waals surface area contributed by atoms with Crippen molar-refractivity contribution in [2.24, 2.45) is 5.41 Å². The molecule has 1 aliphatic carbocycles. The maximum atomic E-state index is 10.7. The molecule has 1 saturated carbocycles. The highest BCUT2D eigenvalue weighted by Crippen LogP contribution is 2.41. The Kier molecular flexibility index (Phi) is 1.44. The van der Waals surface area contributed by atoms with Gasteiger partial charge in [0.2, 0.25) is 12.3 Å². The van der Waals surface area contributed by atoms with E-state index in [1.54, 1.807) is 0 Å².